The van der Waals surface area contributed by atoms with E-state index in [1.807, 2.05) is 0 Å². The summed E-state index contributed by atoms with van der Waals surface area (Å²) >= 11 is 0. The van der Waals surface area contributed by atoms with E-state index >= 15 is 0 Å². The highest BCUT2D eigenvalue weighted by molar-refractivity contribution is 5.85. The summed E-state index contributed by atoms with van der Waals surface area (Å²) in [5.41, 5.74) is 5.70. The van der Waals surface area contributed by atoms with Gasteiger partial charge in [-0.3, -0.25) is 9.59 Å². The third kappa shape index (κ3) is 5.76. The third-order valence-electron chi connectivity index (χ3n) is 4.99. The third-order valence-corrected chi connectivity index (χ3v) is 4.99. The van der Waals surface area contributed by atoms with Gasteiger partial charge in [0.05, 0.1) is 0 Å². The van der Waals surface area contributed by atoms with Crippen LogP contribution in [-0.4, -0.2) is 31.4 Å². The molecule has 0 aromatic heterocycles. The molecule has 0 spiro atoms. The van der Waals surface area contributed by atoms with Crippen LogP contribution in [0.4, 0.5) is 0 Å². The normalized spacial score (nSPS) is 24.8. The maximum Gasteiger partial charge on any atom is 0.223 e. The second kappa shape index (κ2) is 10.1. The van der Waals surface area contributed by atoms with Crippen molar-refractivity contribution < 1.29 is 9.59 Å². The summed E-state index contributed by atoms with van der Waals surface area (Å²) in [6.45, 7) is 1.64. The molecule has 22 heavy (non-hydrogen) atoms. The fraction of sp³-hybridized carbons (Fsp3) is 0.875. The summed E-state index contributed by atoms with van der Waals surface area (Å²) in [7, 11) is 0. The first kappa shape index (κ1) is 19.2. The Hall–Kier alpha value is -0.810. The Morgan fingerprint density at radius 2 is 1.64 bits per heavy atom. The Balaban J connectivity index is 0.00000242. The molecular formula is C16H30ClN3O2. The van der Waals surface area contributed by atoms with Crippen molar-refractivity contribution in [2.45, 2.75) is 51.4 Å². The van der Waals surface area contributed by atoms with Gasteiger partial charge in [0.15, 0.2) is 0 Å². The van der Waals surface area contributed by atoms with Crippen LogP contribution < -0.4 is 16.4 Å². The van der Waals surface area contributed by atoms with Crippen molar-refractivity contribution in [1.29, 1.82) is 0 Å². The predicted octanol–water partition coefficient (Wildman–Crippen LogP) is 1.60. The minimum atomic E-state index is 0. The Bertz CT molecular complexity index is 359. The molecule has 0 heterocycles. The number of nitrogens with two attached hydrogens (primary N) is 1. The summed E-state index contributed by atoms with van der Waals surface area (Å²) in [5, 5.41) is 5.83. The van der Waals surface area contributed by atoms with E-state index in [1.54, 1.807) is 0 Å². The fourth-order valence-corrected chi connectivity index (χ4v) is 3.73. The molecule has 4 N–H and O–H groups in total. The van der Waals surface area contributed by atoms with Gasteiger partial charge in [0, 0.05) is 25.4 Å². The molecule has 0 unspecified atom stereocenters. The lowest BCUT2D eigenvalue weighted by Crippen LogP contribution is -2.39. The van der Waals surface area contributed by atoms with Gasteiger partial charge in [-0.1, -0.05) is 19.3 Å². The van der Waals surface area contributed by atoms with Crippen LogP contribution in [0, 0.1) is 17.8 Å². The molecule has 2 atom stereocenters. The van der Waals surface area contributed by atoms with E-state index in [9.17, 15) is 9.59 Å². The highest BCUT2D eigenvalue weighted by Gasteiger charge is 2.31. The van der Waals surface area contributed by atoms with Crippen LogP contribution in [0.1, 0.15) is 51.4 Å². The Kier molecular flexibility index (Phi) is 8.79. The quantitative estimate of drug-likeness (QED) is 0.619. The van der Waals surface area contributed by atoms with Crippen molar-refractivity contribution in [1.82, 2.24) is 10.6 Å². The van der Waals surface area contributed by atoms with E-state index in [4.69, 9.17) is 5.73 Å². The lowest BCUT2D eigenvalue weighted by atomic mass is 9.95. The van der Waals surface area contributed by atoms with Crippen LogP contribution in [0.15, 0.2) is 0 Å². The van der Waals surface area contributed by atoms with E-state index in [-0.39, 0.29) is 30.1 Å². The molecule has 0 radical (unpaired) electrons. The average Bonchev–Trinajstić information content (AvgIpc) is 3.13. The summed E-state index contributed by atoms with van der Waals surface area (Å²) in [4.78, 5) is 23.8. The van der Waals surface area contributed by atoms with Crippen molar-refractivity contribution in [3.8, 4) is 0 Å². The van der Waals surface area contributed by atoms with Gasteiger partial charge < -0.3 is 16.4 Å². The minimum Gasteiger partial charge on any atom is -0.354 e. The zero-order valence-electron chi connectivity index (χ0n) is 13.3. The molecule has 0 bridgehead atoms. The summed E-state index contributed by atoms with van der Waals surface area (Å²) < 4.78 is 0. The molecule has 0 aliphatic heterocycles. The number of carbonyl (C=O) groups is 2. The lowest BCUT2D eigenvalue weighted by Gasteiger charge is -2.17. The number of nitrogens with one attached hydrogen (secondary N) is 2. The van der Waals surface area contributed by atoms with E-state index in [0.29, 0.717) is 37.9 Å². The molecular weight excluding hydrogens is 302 g/mol. The Morgan fingerprint density at radius 1 is 0.955 bits per heavy atom. The van der Waals surface area contributed by atoms with Crippen molar-refractivity contribution in [3.05, 3.63) is 0 Å². The highest BCUT2D eigenvalue weighted by Crippen LogP contribution is 2.30. The molecule has 5 nitrogen and oxygen atoms in total. The fourth-order valence-electron chi connectivity index (χ4n) is 3.73. The van der Waals surface area contributed by atoms with Crippen molar-refractivity contribution in [2.24, 2.45) is 23.5 Å². The number of hydrogen-bond acceptors (Lipinski definition) is 3. The van der Waals surface area contributed by atoms with Crippen molar-refractivity contribution in [3.63, 3.8) is 0 Å². The maximum atomic E-state index is 12.1. The molecule has 128 valence electrons. The average molecular weight is 332 g/mol. The van der Waals surface area contributed by atoms with Gasteiger partial charge in [-0.15, -0.1) is 12.4 Å². The number of rotatable bonds is 7. The van der Waals surface area contributed by atoms with Crippen LogP contribution in [0.3, 0.4) is 0 Å². The topological polar surface area (TPSA) is 84.2 Å². The Labute approximate surface area is 139 Å². The predicted molar refractivity (Wildman–Crippen MR) is 89.7 cm³/mol. The molecule has 0 aromatic carbocycles. The minimum absolute atomic E-state index is 0. The van der Waals surface area contributed by atoms with Gasteiger partial charge >= 0.3 is 0 Å². The molecule has 2 aliphatic carbocycles. The summed E-state index contributed by atoms with van der Waals surface area (Å²) in [6.07, 6.45) is 8.65. The van der Waals surface area contributed by atoms with Crippen LogP contribution in [0.25, 0.3) is 0 Å². The smallest absolute Gasteiger partial charge is 0.223 e. The molecule has 6 heteroatoms. The zero-order chi connectivity index (χ0) is 15.1. The van der Waals surface area contributed by atoms with Crippen molar-refractivity contribution >= 4 is 24.2 Å². The molecule has 2 saturated carbocycles. The number of amides is 2. The molecule has 0 saturated heterocycles. The summed E-state index contributed by atoms with van der Waals surface area (Å²) in [5.74, 6) is 1.21. The van der Waals surface area contributed by atoms with Gasteiger partial charge in [-0.2, -0.15) is 0 Å². The number of halogens is 1. The second-order valence-electron chi connectivity index (χ2n) is 6.53. The van der Waals surface area contributed by atoms with E-state index in [1.165, 1.54) is 25.7 Å². The van der Waals surface area contributed by atoms with Gasteiger partial charge in [-0.25, -0.2) is 0 Å². The van der Waals surface area contributed by atoms with Crippen LogP contribution in [0.5, 0.6) is 0 Å². The number of carbonyl (C=O) groups excluding carboxylic acids is 2. The van der Waals surface area contributed by atoms with E-state index in [2.05, 4.69) is 10.6 Å². The van der Waals surface area contributed by atoms with Crippen molar-refractivity contribution in [2.75, 3.05) is 19.6 Å². The SMILES string of the molecule is Cl.NC[C@H]1CCC[C@H]1C(=O)NCCNC(=O)CC1CCCC1. The molecule has 2 aliphatic rings. The second-order valence-corrected chi connectivity index (χ2v) is 6.53. The zero-order valence-corrected chi connectivity index (χ0v) is 14.1. The summed E-state index contributed by atoms with van der Waals surface area (Å²) in [6, 6.07) is 0. The van der Waals surface area contributed by atoms with Gasteiger partial charge in [0.1, 0.15) is 0 Å². The molecule has 0 aromatic rings. The van der Waals surface area contributed by atoms with E-state index in [0.717, 1.165) is 19.3 Å². The lowest BCUT2D eigenvalue weighted by molar-refractivity contribution is -0.126. The first-order valence-electron chi connectivity index (χ1n) is 8.45. The number of hydrogen-bond donors (Lipinski definition) is 3. The van der Waals surface area contributed by atoms with Gasteiger partial charge in [-0.05, 0) is 44.1 Å². The van der Waals surface area contributed by atoms with Crippen LogP contribution >= 0.6 is 12.4 Å². The highest BCUT2D eigenvalue weighted by atomic mass is 35.5. The molecule has 2 fully saturated rings. The Morgan fingerprint density at radius 3 is 2.32 bits per heavy atom. The van der Waals surface area contributed by atoms with Crippen LogP contribution in [-0.2, 0) is 9.59 Å². The first-order chi connectivity index (χ1) is 10.2. The molecule has 2 amide bonds. The van der Waals surface area contributed by atoms with Gasteiger partial charge in [0.25, 0.3) is 0 Å². The first-order valence-corrected chi connectivity index (χ1v) is 8.45. The van der Waals surface area contributed by atoms with Crippen LogP contribution in [0.2, 0.25) is 0 Å². The maximum absolute atomic E-state index is 12.1. The van der Waals surface area contributed by atoms with Gasteiger partial charge in [0.2, 0.25) is 11.8 Å². The molecule has 2 rings (SSSR count). The standard InChI is InChI=1S/C16H29N3O2.ClH/c17-11-13-6-3-7-14(13)16(21)19-9-8-18-15(20)10-12-4-1-2-5-12;/h12-14H,1-11,17H2,(H,18,20)(H,19,21);1H/t13-,14-;/m1./s1. The monoisotopic (exact) mass is 331 g/mol. The largest absolute Gasteiger partial charge is 0.354 e. The van der Waals surface area contributed by atoms with E-state index < -0.39 is 0 Å².